The zero-order valence-corrected chi connectivity index (χ0v) is 17.3. The van der Waals surface area contributed by atoms with Gasteiger partial charge in [0.1, 0.15) is 34.2 Å². The van der Waals surface area contributed by atoms with Crippen molar-refractivity contribution in [3.05, 3.63) is 62.8 Å². The Hall–Kier alpha value is -4.21. The molecule has 1 heterocycles. The lowest BCUT2D eigenvalue weighted by Gasteiger charge is -2.14. The van der Waals surface area contributed by atoms with E-state index in [2.05, 4.69) is 9.98 Å². The summed E-state index contributed by atoms with van der Waals surface area (Å²) in [7, 11) is 5.85. The van der Waals surface area contributed by atoms with Crippen LogP contribution in [0.5, 0.6) is 28.9 Å². The van der Waals surface area contributed by atoms with E-state index in [1.54, 1.807) is 30.3 Å². The molecule has 0 amide bonds. The van der Waals surface area contributed by atoms with Crippen LogP contribution in [-0.4, -0.2) is 49.3 Å². The summed E-state index contributed by atoms with van der Waals surface area (Å²) in [6.07, 6.45) is 1.13. The van der Waals surface area contributed by atoms with Crippen LogP contribution in [0, 0.1) is 0 Å². The van der Waals surface area contributed by atoms with E-state index < -0.39 is 17.1 Å². The summed E-state index contributed by atoms with van der Waals surface area (Å²) in [4.78, 5) is 31.3. The molecule has 10 heteroatoms. The number of nitrogens with zero attached hydrogens (tertiary/aromatic N) is 2. The van der Waals surface area contributed by atoms with E-state index in [-0.39, 0.29) is 17.0 Å². The Labute approximate surface area is 176 Å². The van der Waals surface area contributed by atoms with E-state index >= 15 is 0 Å². The Morgan fingerprint density at radius 2 is 1.52 bits per heavy atom. The first kappa shape index (κ1) is 21.5. The van der Waals surface area contributed by atoms with Crippen molar-refractivity contribution in [2.24, 2.45) is 4.99 Å². The average Bonchev–Trinajstić information content (AvgIpc) is 2.78. The number of rotatable bonds is 7. The van der Waals surface area contributed by atoms with E-state index in [1.807, 2.05) is 0 Å². The lowest BCUT2D eigenvalue weighted by Crippen LogP contribution is -2.31. The van der Waals surface area contributed by atoms with Gasteiger partial charge in [-0.3, -0.25) is 14.8 Å². The quantitative estimate of drug-likeness (QED) is 0.553. The number of H-pyrrole nitrogens is 1. The highest BCUT2D eigenvalue weighted by Gasteiger charge is 2.18. The fraction of sp³-hybridized carbons (Fsp3) is 0.190. The molecule has 162 valence electrons. The Morgan fingerprint density at radius 3 is 2.13 bits per heavy atom. The van der Waals surface area contributed by atoms with Crippen LogP contribution in [0.15, 0.2) is 51.0 Å². The first-order valence-electron chi connectivity index (χ1n) is 9.00. The van der Waals surface area contributed by atoms with Crippen LogP contribution in [0.2, 0.25) is 0 Å². The van der Waals surface area contributed by atoms with Crippen molar-refractivity contribution in [2.75, 3.05) is 28.4 Å². The zero-order chi connectivity index (χ0) is 22.5. The summed E-state index contributed by atoms with van der Waals surface area (Å²) in [6.45, 7) is 0. The minimum atomic E-state index is -0.856. The first-order valence-corrected chi connectivity index (χ1v) is 9.00. The van der Waals surface area contributed by atoms with Crippen LogP contribution in [0.4, 0.5) is 5.69 Å². The van der Waals surface area contributed by atoms with Gasteiger partial charge < -0.3 is 24.1 Å². The molecule has 10 nitrogen and oxygen atoms in total. The fourth-order valence-electron chi connectivity index (χ4n) is 2.88. The largest absolute Gasteiger partial charge is 0.497 e. The van der Waals surface area contributed by atoms with Crippen LogP contribution in [0.25, 0.3) is 5.69 Å². The SMILES string of the molecule is COc1ccc(OC)c(N=Cc2c(O)n(-c3cc(OC)ccc3OC)c(=O)[nH]c2=O)c1. The van der Waals surface area contributed by atoms with E-state index in [9.17, 15) is 14.7 Å². The average molecular weight is 427 g/mol. The van der Waals surface area contributed by atoms with Crippen LogP contribution >= 0.6 is 0 Å². The molecular weight excluding hydrogens is 406 g/mol. The standard InChI is InChI=1S/C21H21N3O7/c1-28-12-5-7-17(30-3)15(9-12)22-11-14-19(25)23-21(27)24(20(14)26)16-10-13(29-2)6-8-18(16)31-4/h5-11,26H,1-4H3,(H,23,25,27). The molecule has 0 saturated heterocycles. The van der Waals surface area contributed by atoms with Crippen molar-refractivity contribution in [3.8, 4) is 34.6 Å². The van der Waals surface area contributed by atoms with Gasteiger partial charge in [-0.15, -0.1) is 0 Å². The maximum Gasteiger partial charge on any atom is 0.335 e. The number of aromatic amines is 1. The second-order valence-electron chi connectivity index (χ2n) is 6.17. The maximum atomic E-state index is 12.5. The summed E-state index contributed by atoms with van der Waals surface area (Å²) in [5.41, 5.74) is -1.38. The van der Waals surface area contributed by atoms with E-state index in [0.29, 0.717) is 22.9 Å². The van der Waals surface area contributed by atoms with Gasteiger partial charge >= 0.3 is 5.69 Å². The van der Waals surface area contributed by atoms with E-state index in [4.69, 9.17) is 18.9 Å². The van der Waals surface area contributed by atoms with Gasteiger partial charge in [-0.05, 0) is 24.3 Å². The van der Waals surface area contributed by atoms with E-state index in [0.717, 1.165) is 10.8 Å². The topological polar surface area (TPSA) is 124 Å². The highest BCUT2D eigenvalue weighted by molar-refractivity contribution is 5.85. The molecule has 0 radical (unpaired) electrons. The predicted molar refractivity (Wildman–Crippen MR) is 114 cm³/mol. The van der Waals surface area contributed by atoms with Crippen molar-refractivity contribution in [2.45, 2.75) is 0 Å². The molecule has 0 saturated carbocycles. The summed E-state index contributed by atoms with van der Waals surface area (Å²) < 4.78 is 21.8. The molecule has 0 aliphatic heterocycles. The Kier molecular flexibility index (Phi) is 6.29. The van der Waals surface area contributed by atoms with Gasteiger partial charge in [0, 0.05) is 18.3 Å². The van der Waals surface area contributed by atoms with Gasteiger partial charge in [-0.1, -0.05) is 0 Å². The molecule has 31 heavy (non-hydrogen) atoms. The van der Waals surface area contributed by atoms with Crippen LogP contribution in [-0.2, 0) is 0 Å². The summed E-state index contributed by atoms with van der Waals surface area (Å²) in [5.74, 6) is 1.03. The third-order valence-electron chi connectivity index (χ3n) is 4.47. The summed E-state index contributed by atoms with van der Waals surface area (Å²) in [5, 5.41) is 10.8. The van der Waals surface area contributed by atoms with Crippen molar-refractivity contribution >= 4 is 11.9 Å². The molecule has 0 atom stereocenters. The number of hydrogen-bond acceptors (Lipinski definition) is 8. The minimum absolute atomic E-state index is 0.175. The van der Waals surface area contributed by atoms with Crippen molar-refractivity contribution in [1.29, 1.82) is 0 Å². The van der Waals surface area contributed by atoms with Crippen molar-refractivity contribution in [1.82, 2.24) is 9.55 Å². The lowest BCUT2D eigenvalue weighted by molar-refractivity contribution is 0.393. The molecule has 3 rings (SSSR count). The second kappa shape index (κ2) is 9.08. The van der Waals surface area contributed by atoms with Gasteiger partial charge in [-0.25, -0.2) is 9.36 Å². The highest BCUT2D eigenvalue weighted by atomic mass is 16.5. The Bertz CT molecular complexity index is 1240. The molecule has 2 aromatic carbocycles. The van der Waals surface area contributed by atoms with E-state index in [1.165, 1.54) is 34.5 Å². The number of aromatic nitrogens is 2. The number of ether oxygens (including phenoxy) is 4. The smallest absolute Gasteiger partial charge is 0.335 e. The zero-order valence-electron chi connectivity index (χ0n) is 17.3. The number of benzene rings is 2. The maximum absolute atomic E-state index is 12.5. The van der Waals surface area contributed by atoms with Crippen molar-refractivity contribution in [3.63, 3.8) is 0 Å². The summed E-state index contributed by atoms with van der Waals surface area (Å²) >= 11 is 0. The number of nitrogens with one attached hydrogen (secondary N) is 1. The first-order chi connectivity index (χ1) is 14.9. The van der Waals surface area contributed by atoms with Gasteiger partial charge in [0.2, 0.25) is 5.88 Å². The van der Waals surface area contributed by atoms with Crippen LogP contribution in [0.3, 0.4) is 0 Å². The van der Waals surface area contributed by atoms with Crippen LogP contribution in [0.1, 0.15) is 5.56 Å². The molecular formula is C21H21N3O7. The molecule has 1 aromatic heterocycles. The molecule has 0 fully saturated rings. The molecule has 3 aromatic rings. The fourth-order valence-corrected chi connectivity index (χ4v) is 2.88. The predicted octanol–water partition coefficient (Wildman–Crippen LogP) is 2.02. The molecule has 2 N–H and O–H groups in total. The number of aromatic hydroxyl groups is 1. The van der Waals surface area contributed by atoms with Gasteiger partial charge in [0.05, 0.1) is 34.1 Å². The third-order valence-corrected chi connectivity index (χ3v) is 4.47. The minimum Gasteiger partial charge on any atom is -0.497 e. The third kappa shape index (κ3) is 4.22. The lowest BCUT2D eigenvalue weighted by atomic mass is 10.2. The second-order valence-corrected chi connectivity index (χ2v) is 6.17. The molecule has 0 bridgehead atoms. The number of hydrogen-bond donors (Lipinski definition) is 2. The van der Waals surface area contributed by atoms with Gasteiger partial charge in [0.25, 0.3) is 5.56 Å². The van der Waals surface area contributed by atoms with Gasteiger partial charge in [-0.2, -0.15) is 0 Å². The molecule has 0 aliphatic rings. The number of aliphatic imine (C=N–C) groups is 1. The van der Waals surface area contributed by atoms with Gasteiger partial charge in [0.15, 0.2) is 0 Å². The van der Waals surface area contributed by atoms with Crippen molar-refractivity contribution < 1.29 is 24.1 Å². The Morgan fingerprint density at radius 1 is 0.903 bits per heavy atom. The number of methoxy groups -OCH3 is 4. The normalized spacial score (nSPS) is 10.8. The molecule has 0 aliphatic carbocycles. The Balaban J connectivity index is 2.19. The molecule has 0 unspecified atom stereocenters. The highest BCUT2D eigenvalue weighted by Crippen LogP contribution is 2.32. The van der Waals surface area contributed by atoms with Crippen LogP contribution < -0.4 is 30.2 Å². The monoisotopic (exact) mass is 427 g/mol. The summed E-state index contributed by atoms with van der Waals surface area (Å²) in [6, 6.07) is 9.63. The molecule has 0 spiro atoms.